The minimum absolute atomic E-state index is 0.0633. The number of hydrogen-bond donors (Lipinski definition) is 1. The minimum Gasteiger partial charge on any atom is -0.457 e. The van der Waals surface area contributed by atoms with Crippen molar-refractivity contribution in [2.24, 2.45) is 0 Å². The molecule has 0 fully saturated rings. The van der Waals surface area contributed by atoms with E-state index in [1.165, 1.54) is 11.1 Å². The Morgan fingerprint density at radius 2 is 1.80 bits per heavy atom. The summed E-state index contributed by atoms with van der Waals surface area (Å²) in [4.78, 5) is 0. The molecular weight excluding hydrogens is 248 g/mol. The van der Waals surface area contributed by atoms with Crippen LogP contribution in [0.4, 0.5) is 0 Å². The predicted molar refractivity (Wildman–Crippen MR) is 82.4 cm³/mol. The summed E-state index contributed by atoms with van der Waals surface area (Å²) in [5.74, 6) is 2.15. The Morgan fingerprint density at radius 1 is 1.05 bits per heavy atom. The highest BCUT2D eigenvalue weighted by Crippen LogP contribution is 2.32. The summed E-state index contributed by atoms with van der Waals surface area (Å²) in [6, 6.07) is 12.1. The molecule has 0 bridgehead atoms. The Balaban J connectivity index is 2.34. The highest BCUT2D eigenvalue weighted by atomic mass is 16.5. The van der Waals surface area contributed by atoms with E-state index in [-0.39, 0.29) is 6.61 Å². The summed E-state index contributed by atoms with van der Waals surface area (Å²) in [6.45, 7) is 8.44. The van der Waals surface area contributed by atoms with Crippen LogP contribution in [0.5, 0.6) is 11.5 Å². The second-order valence-electron chi connectivity index (χ2n) is 5.54. The molecule has 2 rings (SSSR count). The molecule has 0 unspecified atom stereocenters. The van der Waals surface area contributed by atoms with Gasteiger partial charge in [-0.1, -0.05) is 32.0 Å². The van der Waals surface area contributed by atoms with Crippen LogP contribution in [0.3, 0.4) is 0 Å². The van der Waals surface area contributed by atoms with Gasteiger partial charge < -0.3 is 9.84 Å². The first-order valence-corrected chi connectivity index (χ1v) is 7.00. The third-order valence-electron chi connectivity index (χ3n) is 3.50. The van der Waals surface area contributed by atoms with Crippen molar-refractivity contribution in [2.75, 3.05) is 0 Å². The van der Waals surface area contributed by atoms with E-state index in [2.05, 4.69) is 39.0 Å². The van der Waals surface area contributed by atoms with Crippen LogP contribution < -0.4 is 4.74 Å². The molecule has 0 amide bonds. The van der Waals surface area contributed by atoms with Crippen molar-refractivity contribution < 1.29 is 9.84 Å². The Labute approximate surface area is 121 Å². The molecule has 0 heterocycles. The van der Waals surface area contributed by atoms with Crippen LogP contribution in [0.1, 0.15) is 42.0 Å². The average molecular weight is 270 g/mol. The Kier molecular flexibility index (Phi) is 4.46. The smallest absolute Gasteiger partial charge is 0.131 e. The van der Waals surface area contributed by atoms with Crippen molar-refractivity contribution in [3.63, 3.8) is 0 Å². The molecule has 0 spiro atoms. The van der Waals surface area contributed by atoms with Gasteiger partial charge in [-0.2, -0.15) is 0 Å². The first-order chi connectivity index (χ1) is 9.51. The van der Waals surface area contributed by atoms with Crippen LogP contribution in [0.25, 0.3) is 0 Å². The number of aryl methyl sites for hydroxylation is 2. The summed E-state index contributed by atoms with van der Waals surface area (Å²) in [5, 5.41) is 9.21. The summed E-state index contributed by atoms with van der Waals surface area (Å²) in [6.07, 6.45) is 0. The fourth-order valence-corrected chi connectivity index (χ4v) is 2.24. The van der Waals surface area contributed by atoms with Gasteiger partial charge >= 0.3 is 0 Å². The van der Waals surface area contributed by atoms with E-state index in [0.29, 0.717) is 5.92 Å². The van der Waals surface area contributed by atoms with Crippen LogP contribution in [-0.4, -0.2) is 5.11 Å². The fraction of sp³-hybridized carbons (Fsp3) is 0.333. The lowest BCUT2D eigenvalue weighted by Crippen LogP contribution is -1.96. The molecule has 20 heavy (non-hydrogen) atoms. The molecule has 2 nitrogen and oxygen atoms in total. The maximum atomic E-state index is 9.21. The van der Waals surface area contributed by atoms with Gasteiger partial charge in [0.25, 0.3) is 0 Å². The lowest BCUT2D eigenvalue weighted by Gasteiger charge is -2.15. The molecule has 0 atom stereocenters. The molecule has 106 valence electrons. The van der Waals surface area contributed by atoms with Gasteiger partial charge in [-0.05, 0) is 60.2 Å². The van der Waals surface area contributed by atoms with E-state index in [1.54, 1.807) is 0 Å². The van der Waals surface area contributed by atoms with E-state index in [0.717, 1.165) is 22.6 Å². The van der Waals surface area contributed by atoms with Crippen LogP contribution >= 0.6 is 0 Å². The van der Waals surface area contributed by atoms with E-state index in [4.69, 9.17) is 4.74 Å². The first-order valence-electron chi connectivity index (χ1n) is 7.00. The molecule has 0 saturated carbocycles. The number of aliphatic hydroxyl groups is 1. The van der Waals surface area contributed by atoms with Crippen LogP contribution in [0, 0.1) is 13.8 Å². The molecule has 0 aliphatic rings. The standard InChI is InChI=1S/C18H22O2/c1-12(2)17-8-5-13(3)9-18(17)20-16-7-6-15(11-19)14(4)10-16/h5-10,12,19H,11H2,1-4H3. The van der Waals surface area contributed by atoms with Gasteiger partial charge in [0.1, 0.15) is 11.5 Å². The van der Waals surface area contributed by atoms with Crippen molar-refractivity contribution >= 4 is 0 Å². The number of hydrogen-bond acceptors (Lipinski definition) is 2. The van der Waals surface area contributed by atoms with E-state index < -0.39 is 0 Å². The van der Waals surface area contributed by atoms with Crippen molar-refractivity contribution in [3.05, 3.63) is 58.7 Å². The number of rotatable bonds is 4. The van der Waals surface area contributed by atoms with Gasteiger partial charge in [0.05, 0.1) is 6.61 Å². The summed E-state index contributed by atoms with van der Waals surface area (Å²) < 4.78 is 6.05. The van der Waals surface area contributed by atoms with Gasteiger partial charge in [-0.3, -0.25) is 0 Å². The topological polar surface area (TPSA) is 29.5 Å². The molecule has 0 radical (unpaired) electrons. The minimum atomic E-state index is 0.0633. The highest BCUT2D eigenvalue weighted by molar-refractivity contribution is 5.43. The number of ether oxygens (including phenoxy) is 1. The molecule has 2 aromatic carbocycles. The van der Waals surface area contributed by atoms with E-state index >= 15 is 0 Å². The van der Waals surface area contributed by atoms with Crippen LogP contribution in [0.2, 0.25) is 0 Å². The maximum absolute atomic E-state index is 9.21. The first kappa shape index (κ1) is 14.6. The third-order valence-corrected chi connectivity index (χ3v) is 3.50. The fourth-order valence-electron chi connectivity index (χ4n) is 2.24. The third kappa shape index (κ3) is 3.20. The lowest BCUT2D eigenvalue weighted by atomic mass is 10.0. The van der Waals surface area contributed by atoms with Gasteiger partial charge in [-0.15, -0.1) is 0 Å². The second kappa shape index (κ2) is 6.10. The summed E-state index contributed by atoms with van der Waals surface area (Å²) in [7, 11) is 0. The lowest BCUT2D eigenvalue weighted by molar-refractivity contribution is 0.281. The molecule has 0 aromatic heterocycles. The molecule has 0 aliphatic heterocycles. The highest BCUT2D eigenvalue weighted by Gasteiger charge is 2.09. The monoisotopic (exact) mass is 270 g/mol. The zero-order chi connectivity index (χ0) is 14.7. The van der Waals surface area contributed by atoms with Gasteiger partial charge in [-0.25, -0.2) is 0 Å². The average Bonchev–Trinajstić information content (AvgIpc) is 2.38. The van der Waals surface area contributed by atoms with Crippen molar-refractivity contribution in [1.29, 1.82) is 0 Å². The molecule has 1 N–H and O–H groups in total. The van der Waals surface area contributed by atoms with Gasteiger partial charge in [0.2, 0.25) is 0 Å². The normalized spacial score (nSPS) is 10.9. The van der Waals surface area contributed by atoms with Crippen molar-refractivity contribution in [1.82, 2.24) is 0 Å². The van der Waals surface area contributed by atoms with Gasteiger partial charge in [0, 0.05) is 0 Å². The zero-order valence-electron chi connectivity index (χ0n) is 12.6. The van der Waals surface area contributed by atoms with Crippen LogP contribution in [-0.2, 0) is 6.61 Å². The molecule has 0 saturated heterocycles. The molecule has 2 heteroatoms. The Hall–Kier alpha value is -1.80. The largest absolute Gasteiger partial charge is 0.457 e. The van der Waals surface area contributed by atoms with E-state index in [9.17, 15) is 5.11 Å². The number of benzene rings is 2. The Morgan fingerprint density at radius 3 is 2.40 bits per heavy atom. The SMILES string of the molecule is Cc1ccc(C(C)C)c(Oc2ccc(CO)c(C)c2)c1. The van der Waals surface area contributed by atoms with Crippen molar-refractivity contribution in [2.45, 2.75) is 40.2 Å². The summed E-state index contributed by atoms with van der Waals surface area (Å²) in [5.41, 5.74) is 4.38. The zero-order valence-corrected chi connectivity index (χ0v) is 12.6. The van der Waals surface area contributed by atoms with Crippen LogP contribution in [0.15, 0.2) is 36.4 Å². The molecule has 0 aliphatic carbocycles. The number of aliphatic hydroxyl groups excluding tert-OH is 1. The molecular formula is C18H22O2. The second-order valence-corrected chi connectivity index (χ2v) is 5.54. The maximum Gasteiger partial charge on any atom is 0.131 e. The molecule has 2 aromatic rings. The summed E-state index contributed by atoms with van der Waals surface area (Å²) >= 11 is 0. The predicted octanol–water partition coefficient (Wildman–Crippen LogP) is 4.71. The Bertz CT molecular complexity index is 600. The van der Waals surface area contributed by atoms with Crippen molar-refractivity contribution in [3.8, 4) is 11.5 Å². The quantitative estimate of drug-likeness (QED) is 0.871. The van der Waals surface area contributed by atoms with Gasteiger partial charge in [0.15, 0.2) is 0 Å². The van der Waals surface area contributed by atoms with E-state index in [1.807, 2.05) is 25.1 Å².